The number of amides is 1. The largest absolute Gasteiger partial charge is 0.480 e. The maximum Gasteiger partial charge on any atom is 0.329 e. The summed E-state index contributed by atoms with van der Waals surface area (Å²) in [4.78, 5) is 24.3. The van der Waals surface area contributed by atoms with Crippen molar-refractivity contribution in [1.29, 1.82) is 0 Å². The first-order valence-electron chi connectivity index (χ1n) is 6.53. The Balaban J connectivity index is 2.00. The van der Waals surface area contributed by atoms with Gasteiger partial charge in [-0.25, -0.2) is 4.79 Å². The molecule has 0 aliphatic carbocycles. The lowest BCUT2D eigenvalue weighted by atomic mass is 10.0. The number of carbonyl (C=O) groups is 2. The molecular formula is C14H18N2O4. The number of hydrogen-bond acceptors (Lipinski definition) is 4. The summed E-state index contributed by atoms with van der Waals surface area (Å²) in [6.07, 6.45) is 0. The number of carbonyl (C=O) groups excluding carboxylic acids is 1. The van der Waals surface area contributed by atoms with Gasteiger partial charge in [-0.2, -0.15) is 0 Å². The fourth-order valence-corrected chi connectivity index (χ4v) is 2.28. The molecule has 20 heavy (non-hydrogen) atoms. The fraction of sp³-hybridized carbons (Fsp3) is 0.429. The number of nitrogens with zero attached hydrogens (tertiary/aromatic N) is 1. The predicted octanol–water partition coefficient (Wildman–Crippen LogP) is 0.261. The third-order valence-corrected chi connectivity index (χ3v) is 3.20. The number of carboxylic acids is 1. The quantitative estimate of drug-likeness (QED) is 0.808. The monoisotopic (exact) mass is 278 g/mol. The Morgan fingerprint density at radius 2 is 2.05 bits per heavy atom. The van der Waals surface area contributed by atoms with Crippen molar-refractivity contribution >= 4 is 11.9 Å². The van der Waals surface area contributed by atoms with Crippen LogP contribution in [0.25, 0.3) is 0 Å². The summed E-state index contributed by atoms with van der Waals surface area (Å²) in [5.74, 6) is -1.25. The lowest BCUT2D eigenvalue weighted by Crippen LogP contribution is -2.49. The normalized spacial score (nSPS) is 18.8. The molecule has 1 amide bonds. The van der Waals surface area contributed by atoms with E-state index in [2.05, 4.69) is 5.32 Å². The minimum atomic E-state index is -1.07. The van der Waals surface area contributed by atoms with Crippen LogP contribution in [-0.2, 0) is 14.3 Å². The van der Waals surface area contributed by atoms with Crippen molar-refractivity contribution in [2.75, 3.05) is 32.8 Å². The summed E-state index contributed by atoms with van der Waals surface area (Å²) in [6.45, 7) is 1.36. The summed E-state index contributed by atoms with van der Waals surface area (Å²) < 4.78 is 4.88. The zero-order valence-electron chi connectivity index (χ0n) is 11.1. The molecule has 0 saturated carbocycles. The molecule has 1 aliphatic heterocycles. The molecule has 0 radical (unpaired) electrons. The molecule has 1 heterocycles. The van der Waals surface area contributed by atoms with Crippen LogP contribution in [0.3, 0.4) is 0 Å². The molecule has 0 aromatic heterocycles. The van der Waals surface area contributed by atoms with Crippen LogP contribution in [-0.4, -0.2) is 54.7 Å². The third kappa shape index (κ3) is 3.79. The highest BCUT2D eigenvalue weighted by atomic mass is 16.5. The van der Waals surface area contributed by atoms with Gasteiger partial charge in [0.25, 0.3) is 0 Å². The summed E-state index contributed by atoms with van der Waals surface area (Å²) in [7, 11) is 0. The van der Waals surface area contributed by atoms with Crippen LogP contribution < -0.4 is 5.32 Å². The van der Waals surface area contributed by atoms with Crippen molar-refractivity contribution < 1.29 is 19.4 Å². The third-order valence-electron chi connectivity index (χ3n) is 3.20. The molecule has 2 N–H and O–H groups in total. The Morgan fingerprint density at radius 3 is 2.75 bits per heavy atom. The van der Waals surface area contributed by atoms with Gasteiger partial charge < -0.3 is 20.1 Å². The number of ether oxygens (including phenoxy) is 1. The van der Waals surface area contributed by atoms with Crippen LogP contribution in [0.2, 0.25) is 0 Å². The molecule has 1 aliphatic rings. The predicted molar refractivity (Wildman–Crippen MR) is 72.2 cm³/mol. The highest BCUT2D eigenvalue weighted by molar-refractivity contribution is 5.78. The molecule has 1 aromatic rings. The average molecular weight is 278 g/mol. The van der Waals surface area contributed by atoms with Crippen molar-refractivity contribution in [3.63, 3.8) is 0 Å². The molecule has 1 aromatic carbocycles. The maximum absolute atomic E-state index is 12.1. The maximum atomic E-state index is 12.1. The van der Waals surface area contributed by atoms with E-state index in [0.29, 0.717) is 13.1 Å². The van der Waals surface area contributed by atoms with Gasteiger partial charge in [0, 0.05) is 19.6 Å². The molecule has 6 heteroatoms. The van der Waals surface area contributed by atoms with Crippen LogP contribution >= 0.6 is 0 Å². The Morgan fingerprint density at radius 1 is 1.30 bits per heavy atom. The van der Waals surface area contributed by atoms with Crippen molar-refractivity contribution in [3.8, 4) is 0 Å². The molecule has 1 saturated heterocycles. The molecule has 6 nitrogen and oxygen atoms in total. The number of aliphatic carboxylic acids is 1. The molecular weight excluding hydrogens is 260 g/mol. The Kier molecular flexibility index (Phi) is 5.09. The second kappa shape index (κ2) is 7.02. The van der Waals surface area contributed by atoms with E-state index in [1.807, 2.05) is 30.3 Å². The van der Waals surface area contributed by atoms with Gasteiger partial charge in [-0.05, 0) is 5.56 Å². The molecule has 2 rings (SSSR count). The zero-order chi connectivity index (χ0) is 14.4. The molecule has 108 valence electrons. The van der Waals surface area contributed by atoms with Crippen LogP contribution in [0.4, 0.5) is 0 Å². The van der Waals surface area contributed by atoms with E-state index in [-0.39, 0.29) is 18.6 Å². The molecule has 0 spiro atoms. The van der Waals surface area contributed by atoms with Crippen molar-refractivity contribution in [2.24, 2.45) is 0 Å². The highest BCUT2D eigenvalue weighted by Gasteiger charge is 2.27. The Hall–Kier alpha value is -1.92. The summed E-state index contributed by atoms with van der Waals surface area (Å²) in [5, 5.41) is 11.8. The first kappa shape index (κ1) is 14.5. The second-order valence-electron chi connectivity index (χ2n) is 4.60. The first-order valence-corrected chi connectivity index (χ1v) is 6.53. The van der Waals surface area contributed by atoms with E-state index in [4.69, 9.17) is 9.84 Å². The smallest absolute Gasteiger partial charge is 0.329 e. The summed E-state index contributed by atoms with van der Waals surface area (Å²) in [6, 6.07) is 9.74. The Bertz CT molecular complexity index is 464. The van der Waals surface area contributed by atoms with Gasteiger partial charge >= 0.3 is 5.97 Å². The van der Waals surface area contributed by atoms with E-state index < -0.39 is 12.6 Å². The molecule has 1 atom stereocenters. The van der Waals surface area contributed by atoms with Crippen LogP contribution in [0.5, 0.6) is 0 Å². The van der Waals surface area contributed by atoms with Crippen molar-refractivity contribution in [2.45, 2.75) is 6.04 Å². The zero-order valence-corrected chi connectivity index (χ0v) is 11.1. The fourth-order valence-electron chi connectivity index (χ4n) is 2.28. The SMILES string of the molecule is O=C(O)COCC(=O)N1CCNCC1c1ccccc1. The van der Waals surface area contributed by atoms with E-state index >= 15 is 0 Å². The average Bonchev–Trinajstić information content (AvgIpc) is 2.47. The standard InChI is InChI=1S/C14H18N2O4/c17-13(9-20-10-14(18)19)16-7-6-15-8-12(16)11-4-2-1-3-5-11/h1-5,12,15H,6-10H2,(H,18,19). The minimum absolute atomic E-state index is 0.0362. The summed E-state index contributed by atoms with van der Waals surface area (Å²) in [5.41, 5.74) is 1.06. The molecule has 0 bridgehead atoms. The van der Waals surface area contributed by atoms with Gasteiger partial charge in [-0.3, -0.25) is 4.79 Å². The van der Waals surface area contributed by atoms with Crippen molar-refractivity contribution in [3.05, 3.63) is 35.9 Å². The van der Waals surface area contributed by atoms with E-state index in [1.165, 1.54) is 0 Å². The van der Waals surface area contributed by atoms with Gasteiger partial charge in [0.1, 0.15) is 13.2 Å². The van der Waals surface area contributed by atoms with E-state index in [9.17, 15) is 9.59 Å². The minimum Gasteiger partial charge on any atom is -0.480 e. The van der Waals surface area contributed by atoms with Gasteiger partial charge in [0.15, 0.2) is 0 Å². The number of carboxylic acid groups (broad SMARTS) is 1. The Labute approximate surface area is 117 Å². The van der Waals surface area contributed by atoms with Crippen LogP contribution in [0.15, 0.2) is 30.3 Å². The van der Waals surface area contributed by atoms with Gasteiger partial charge in [-0.15, -0.1) is 0 Å². The topological polar surface area (TPSA) is 78.9 Å². The van der Waals surface area contributed by atoms with Crippen LogP contribution in [0, 0.1) is 0 Å². The van der Waals surface area contributed by atoms with E-state index in [1.54, 1.807) is 4.90 Å². The number of nitrogens with one attached hydrogen (secondary N) is 1. The number of piperazine rings is 1. The first-order chi connectivity index (χ1) is 9.68. The van der Waals surface area contributed by atoms with Gasteiger partial charge in [-0.1, -0.05) is 30.3 Å². The number of hydrogen-bond donors (Lipinski definition) is 2. The molecule has 1 unspecified atom stereocenters. The van der Waals surface area contributed by atoms with E-state index in [0.717, 1.165) is 12.1 Å². The number of rotatable bonds is 5. The number of benzene rings is 1. The highest BCUT2D eigenvalue weighted by Crippen LogP contribution is 2.21. The lowest BCUT2D eigenvalue weighted by Gasteiger charge is -2.36. The van der Waals surface area contributed by atoms with Gasteiger partial charge in [0.2, 0.25) is 5.91 Å². The van der Waals surface area contributed by atoms with Crippen molar-refractivity contribution in [1.82, 2.24) is 10.2 Å². The summed E-state index contributed by atoms with van der Waals surface area (Å²) >= 11 is 0. The lowest BCUT2D eigenvalue weighted by molar-refractivity contribution is -0.147. The van der Waals surface area contributed by atoms with Gasteiger partial charge in [0.05, 0.1) is 6.04 Å². The molecule has 1 fully saturated rings. The second-order valence-corrected chi connectivity index (χ2v) is 4.60. The van der Waals surface area contributed by atoms with Crippen LogP contribution in [0.1, 0.15) is 11.6 Å².